The van der Waals surface area contributed by atoms with Gasteiger partial charge in [-0.05, 0) is 54.5 Å². The second-order valence-corrected chi connectivity index (χ2v) is 5.98. The van der Waals surface area contributed by atoms with E-state index in [4.69, 9.17) is 0 Å². The Balaban J connectivity index is 2.02. The quantitative estimate of drug-likeness (QED) is 0.797. The van der Waals surface area contributed by atoms with Crippen molar-refractivity contribution >= 4 is 0 Å². The van der Waals surface area contributed by atoms with Gasteiger partial charge < -0.3 is 5.11 Å². The highest BCUT2D eigenvalue weighted by atomic mass is 16.3. The zero-order valence-electron chi connectivity index (χ0n) is 13.4. The second-order valence-electron chi connectivity index (χ2n) is 5.98. The van der Waals surface area contributed by atoms with Crippen LogP contribution in [-0.4, -0.2) is 5.11 Å². The van der Waals surface area contributed by atoms with E-state index in [2.05, 4.69) is 63.2 Å². The fourth-order valence-corrected chi connectivity index (χ4v) is 2.56. The van der Waals surface area contributed by atoms with Crippen LogP contribution in [-0.2, 0) is 12.8 Å². The van der Waals surface area contributed by atoms with Crippen LogP contribution in [0.15, 0.2) is 42.5 Å². The molecular weight excluding hydrogens is 256 g/mol. The lowest BCUT2D eigenvalue weighted by Gasteiger charge is -2.13. The van der Waals surface area contributed by atoms with E-state index in [0.29, 0.717) is 6.42 Å². The summed E-state index contributed by atoms with van der Waals surface area (Å²) in [7, 11) is 0. The summed E-state index contributed by atoms with van der Waals surface area (Å²) in [4.78, 5) is 0. The van der Waals surface area contributed by atoms with Gasteiger partial charge in [-0.15, -0.1) is 0 Å². The fourth-order valence-electron chi connectivity index (χ4n) is 2.56. The Bertz CT molecular complexity index is 569. The van der Waals surface area contributed by atoms with Crippen molar-refractivity contribution in [3.8, 4) is 0 Å². The predicted octanol–water partition coefficient (Wildman–Crippen LogP) is 4.92. The second kappa shape index (κ2) is 7.42. The maximum atomic E-state index is 10.4. The highest BCUT2D eigenvalue weighted by Crippen LogP contribution is 2.21. The number of hydrogen-bond donors (Lipinski definition) is 1. The van der Waals surface area contributed by atoms with Crippen molar-refractivity contribution in [2.45, 2.75) is 52.6 Å². The number of aliphatic hydroxyl groups excluding tert-OH is 1. The number of aliphatic hydroxyl groups is 1. The average molecular weight is 282 g/mol. The highest BCUT2D eigenvalue weighted by molar-refractivity contribution is 5.32. The summed E-state index contributed by atoms with van der Waals surface area (Å²) in [6.45, 7) is 6.44. The molecule has 1 unspecified atom stereocenters. The van der Waals surface area contributed by atoms with E-state index < -0.39 is 6.10 Å². The van der Waals surface area contributed by atoms with Gasteiger partial charge >= 0.3 is 0 Å². The first-order valence-corrected chi connectivity index (χ1v) is 7.93. The molecule has 2 rings (SSSR count). The van der Waals surface area contributed by atoms with Crippen LogP contribution in [0, 0.1) is 13.8 Å². The van der Waals surface area contributed by atoms with Gasteiger partial charge in [0, 0.05) is 6.42 Å². The number of hydrogen-bond acceptors (Lipinski definition) is 1. The lowest BCUT2D eigenvalue weighted by atomic mass is 9.97. The molecule has 1 nitrogen and oxygen atoms in total. The fraction of sp³-hybridized carbons (Fsp3) is 0.400. The van der Waals surface area contributed by atoms with Crippen LogP contribution in [0.3, 0.4) is 0 Å². The molecule has 0 saturated heterocycles. The van der Waals surface area contributed by atoms with Crippen LogP contribution in [0.25, 0.3) is 0 Å². The van der Waals surface area contributed by atoms with E-state index in [9.17, 15) is 5.11 Å². The summed E-state index contributed by atoms with van der Waals surface area (Å²) < 4.78 is 0. The normalized spacial score (nSPS) is 12.4. The summed E-state index contributed by atoms with van der Waals surface area (Å²) in [5.41, 5.74) is 6.15. The van der Waals surface area contributed by atoms with Gasteiger partial charge in [0.25, 0.3) is 0 Å². The smallest absolute Gasteiger partial charge is 0.0830 e. The van der Waals surface area contributed by atoms with Crippen molar-refractivity contribution in [3.63, 3.8) is 0 Å². The van der Waals surface area contributed by atoms with Crippen LogP contribution >= 0.6 is 0 Å². The summed E-state index contributed by atoms with van der Waals surface area (Å²) in [5.74, 6) is 0. The Labute approximate surface area is 128 Å². The molecule has 21 heavy (non-hydrogen) atoms. The molecule has 0 aromatic heterocycles. The van der Waals surface area contributed by atoms with E-state index >= 15 is 0 Å². The summed E-state index contributed by atoms with van der Waals surface area (Å²) in [6, 6.07) is 14.8. The SMILES string of the molecule is CCCCc1ccc(C(O)Cc2ccc(C)c(C)c2)cc1. The zero-order valence-corrected chi connectivity index (χ0v) is 13.4. The molecule has 0 amide bonds. The van der Waals surface area contributed by atoms with Crippen LogP contribution in [0.4, 0.5) is 0 Å². The van der Waals surface area contributed by atoms with Gasteiger partial charge in [-0.1, -0.05) is 55.8 Å². The van der Waals surface area contributed by atoms with Gasteiger partial charge in [0.2, 0.25) is 0 Å². The van der Waals surface area contributed by atoms with Crippen LogP contribution < -0.4 is 0 Å². The number of aryl methyl sites for hydroxylation is 3. The molecule has 112 valence electrons. The topological polar surface area (TPSA) is 20.2 Å². The Hall–Kier alpha value is -1.60. The molecular formula is C20H26O. The van der Waals surface area contributed by atoms with E-state index in [1.807, 2.05) is 0 Å². The van der Waals surface area contributed by atoms with Crippen molar-refractivity contribution in [2.75, 3.05) is 0 Å². The molecule has 0 fully saturated rings. The molecule has 1 N–H and O–H groups in total. The monoisotopic (exact) mass is 282 g/mol. The molecule has 0 aliphatic heterocycles. The van der Waals surface area contributed by atoms with Gasteiger partial charge in [0.1, 0.15) is 0 Å². The van der Waals surface area contributed by atoms with E-state index in [0.717, 1.165) is 12.0 Å². The Morgan fingerprint density at radius 3 is 2.19 bits per heavy atom. The average Bonchev–Trinajstić information content (AvgIpc) is 2.49. The third kappa shape index (κ3) is 4.44. The molecule has 0 saturated carbocycles. The van der Waals surface area contributed by atoms with Gasteiger partial charge in [-0.2, -0.15) is 0 Å². The summed E-state index contributed by atoms with van der Waals surface area (Å²) in [6.07, 6.45) is 3.83. The summed E-state index contributed by atoms with van der Waals surface area (Å²) in [5, 5.41) is 10.4. The molecule has 0 aliphatic rings. The highest BCUT2D eigenvalue weighted by Gasteiger charge is 2.09. The molecule has 0 bridgehead atoms. The zero-order chi connectivity index (χ0) is 15.2. The third-order valence-electron chi connectivity index (χ3n) is 4.18. The standard InChI is InChI=1S/C20H26O/c1-4-5-6-17-9-11-19(12-10-17)20(21)14-18-8-7-15(2)16(3)13-18/h7-13,20-21H,4-6,14H2,1-3H3. The van der Waals surface area contributed by atoms with Crippen molar-refractivity contribution in [1.82, 2.24) is 0 Å². The molecule has 2 aromatic carbocycles. The van der Waals surface area contributed by atoms with Crippen LogP contribution in [0.5, 0.6) is 0 Å². The molecule has 0 heterocycles. The maximum Gasteiger partial charge on any atom is 0.0830 e. The van der Waals surface area contributed by atoms with E-state index in [1.165, 1.54) is 35.1 Å². The minimum atomic E-state index is -0.424. The first kappa shape index (κ1) is 15.8. The first-order valence-electron chi connectivity index (χ1n) is 7.93. The Morgan fingerprint density at radius 1 is 0.905 bits per heavy atom. The first-order chi connectivity index (χ1) is 10.1. The van der Waals surface area contributed by atoms with Crippen molar-refractivity contribution in [2.24, 2.45) is 0 Å². The molecule has 1 atom stereocenters. The summed E-state index contributed by atoms with van der Waals surface area (Å²) >= 11 is 0. The van der Waals surface area contributed by atoms with Crippen LogP contribution in [0.2, 0.25) is 0 Å². The number of unbranched alkanes of at least 4 members (excludes halogenated alkanes) is 1. The number of benzene rings is 2. The number of rotatable bonds is 6. The Kier molecular flexibility index (Phi) is 5.58. The molecule has 0 aliphatic carbocycles. The lowest BCUT2D eigenvalue weighted by Crippen LogP contribution is -2.02. The van der Waals surface area contributed by atoms with E-state index in [1.54, 1.807) is 0 Å². The molecule has 2 aromatic rings. The minimum Gasteiger partial charge on any atom is -0.388 e. The minimum absolute atomic E-state index is 0.424. The lowest BCUT2D eigenvalue weighted by molar-refractivity contribution is 0.178. The maximum absolute atomic E-state index is 10.4. The largest absolute Gasteiger partial charge is 0.388 e. The predicted molar refractivity (Wildman–Crippen MR) is 89.6 cm³/mol. The van der Waals surface area contributed by atoms with Crippen LogP contribution in [0.1, 0.15) is 53.7 Å². The van der Waals surface area contributed by atoms with Gasteiger partial charge in [0.05, 0.1) is 6.10 Å². The van der Waals surface area contributed by atoms with Crippen molar-refractivity contribution in [1.29, 1.82) is 0 Å². The van der Waals surface area contributed by atoms with Gasteiger partial charge in [-0.25, -0.2) is 0 Å². The van der Waals surface area contributed by atoms with Crippen molar-refractivity contribution < 1.29 is 5.11 Å². The van der Waals surface area contributed by atoms with Crippen molar-refractivity contribution in [3.05, 3.63) is 70.3 Å². The van der Waals surface area contributed by atoms with E-state index in [-0.39, 0.29) is 0 Å². The molecule has 0 spiro atoms. The van der Waals surface area contributed by atoms with Gasteiger partial charge in [0.15, 0.2) is 0 Å². The molecule has 0 radical (unpaired) electrons. The third-order valence-corrected chi connectivity index (χ3v) is 4.18. The van der Waals surface area contributed by atoms with Gasteiger partial charge in [-0.3, -0.25) is 0 Å². The Morgan fingerprint density at radius 2 is 1.57 bits per heavy atom. The molecule has 1 heteroatoms.